The van der Waals surface area contributed by atoms with Gasteiger partial charge in [0.15, 0.2) is 5.65 Å². The molecule has 2 heterocycles. The molecule has 1 N–H and O–H groups in total. The minimum absolute atomic E-state index is 0.141. The smallest absolute Gasteiger partial charge is 0.229 e. The largest absolute Gasteiger partial charge is 0.477 e. The number of rotatable bonds is 4. The lowest BCUT2D eigenvalue weighted by molar-refractivity contribution is 0.313. The Bertz CT molecular complexity index is 523. The predicted octanol–water partition coefficient (Wildman–Crippen LogP) is 2.35. The maximum Gasteiger partial charge on any atom is 0.229 e. The van der Waals surface area contributed by atoms with Crippen molar-refractivity contribution >= 4 is 22.6 Å². The molecule has 0 aliphatic rings. The second-order valence-electron chi connectivity index (χ2n) is 3.49. The molecule has 5 nitrogen and oxygen atoms in total. The first-order valence-electron chi connectivity index (χ1n) is 4.80. The fourth-order valence-corrected chi connectivity index (χ4v) is 1.38. The number of fused-ring (bicyclic) bond motifs is 1. The normalized spacial score (nSPS) is 10.6. The molecule has 0 saturated heterocycles. The molecule has 2 aromatic rings. The topological polar surface area (TPSA) is 63.7 Å². The van der Waals surface area contributed by atoms with Crippen LogP contribution >= 0.6 is 11.6 Å². The molecule has 0 aliphatic carbocycles. The lowest BCUT2D eigenvalue weighted by Gasteiger charge is -2.05. The number of nitrogens with one attached hydrogen (secondary N) is 1. The van der Waals surface area contributed by atoms with Gasteiger partial charge in [-0.3, -0.25) is 5.10 Å². The number of hydrogen-bond donors (Lipinski definition) is 1. The van der Waals surface area contributed by atoms with Crippen molar-refractivity contribution in [1.29, 1.82) is 0 Å². The number of H-pyrrole nitrogens is 1. The summed E-state index contributed by atoms with van der Waals surface area (Å²) in [6.45, 7) is 6.26. The molecule has 0 atom stereocenters. The van der Waals surface area contributed by atoms with Gasteiger partial charge in [0.1, 0.15) is 5.39 Å². The van der Waals surface area contributed by atoms with Crippen LogP contribution in [0.15, 0.2) is 18.3 Å². The van der Waals surface area contributed by atoms with Gasteiger partial charge in [-0.1, -0.05) is 5.57 Å². The average Bonchev–Trinajstić information content (AvgIpc) is 2.64. The van der Waals surface area contributed by atoms with Crippen LogP contribution < -0.4 is 4.74 Å². The monoisotopic (exact) mass is 238 g/mol. The van der Waals surface area contributed by atoms with Gasteiger partial charge in [-0.25, -0.2) is 0 Å². The number of aromatic amines is 1. The highest BCUT2D eigenvalue weighted by atomic mass is 35.5. The van der Waals surface area contributed by atoms with Crippen LogP contribution in [0.25, 0.3) is 11.0 Å². The third kappa shape index (κ3) is 2.30. The molecule has 0 unspecified atom stereocenters. The van der Waals surface area contributed by atoms with E-state index in [1.165, 1.54) is 0 Å². The van der Waals surface area contributed by atoms with E-state index >= 15 is 0 Å². The highest BCUT2D eigenvalue weighted by molar-refractivity contribution is 6.28. The van der Waals surface area contributed by atoms with Crippen molar-refractivity contribution in [3.8, 4) is 5.88 Å². The molecule has 0 fully saturated rings. The summed E-state index contributed by atoms with van der Waals surface area (Å²) in [4.78, 5) is 7.99. The Morgan fingerprint density at radius 2 is 2.38 bits per heavy atom. The van der Waals surface area contributed by atoms with Crippen LogP contribution in [-0.2, 0) is 0 Å². The molecule has 84 valence electrons. The summed E-state index contributed by atoms with van der Waals surface area (Å²) >= 11 is 5.75. The molecular formula is C10H11ClN4O. The standard InChI is InChI=1S/C10H11ClN4O/c1-6(2)3-4-16-9-7-5-12-15-8(7)13-10(11)14-9/h5H,1,3-4H2,2H3,(H,12,13,14,15). The molecule has 0 spiro atoms. The zero-order chi connectivity index (χ0) is 11.5. The molecule has 0 saturated carbocycles. The Balaban J connectivity index is 2.22. The Kier molecular flexibility index (Phi) is 3.05. The van der Waals surface area contributed by atoms with Crippen molar-refractivity contribution in [3.05, 3.63) is 23.6 Å². The van der Waals surface area contributed by atoms with E-state index in [0.29, 0.717) is 18.1 Å². The van der Waals surface area contributed by atoms with Crippen LogP contribution in [0.2, 0.25) is 5.28 Å². The quantitative estimate of drug-likeness (QED) is 0.656. The Morgan fingerprint density at radius 1 is 1.56 bits per heavy atom. The highest BCUT2D eigenvalue weighted by Gasteiger charge is 2.09. The highest BCUT2D eigenvalue weighted by Crippen LogP contribution is 2.22. The fourth-order valence-electron chi connectivity index (χ4n) is 1.21. The zero-order valence-electron chi connectivity index (χ0n) is 8.83. The van der Waals surface area contributed by atoms with Gasteiger partial charge in [-0.05, 0) is 18.5 Å². The number of halogens is 1. The summed E-state index contributed by atoms with van der Waals surface area (Å²) in [6.07, 6.45) is 2.39. The first-order valence-corrected chi connectivity index (χ1v) is 5.18. The van der Waals surface area contributed by atoms with Crippen molar-refractivity contribution in [2.24, 2.45) is 0 Å². The molecule has 0 aromatic carbocycles. The van der Waals surface area contributed by atoms with Crippen LogP contribution in [0.5, 0.6) is 5.88 Å². The van der Waals surface area contributed by atoms with Gasteiger partial charge in [0.25, 0.3) is 0 Å². The van der Waals surface area contributed by atoms with E-state index in [4.69, 9.17) is 16.3 Å². The van der Waals surface area contributed by atoms with Gasteiger partial charge >= 0.3 is 0 Å². The minimum atomic E-state index is 0.141. The van der Waals surface area contributed by atoms with Crippen molar-refractivity contribution in [2.75, 3.05) is 6.61 Å². The summed E-state index contributed by atoms with van der Waals surface area (Å²) in [7, 11) is 0. The van der Waals surface area contributed by atoms with Crippen LogP contribution in [0.1, 0.15) is 13.3 Å². The van der Waals surface area contributed by atoms with Gasteiger partial charge in [0, 0.05) is 6.42 Å². The summed E-state index contributed by atoms with van der Waals surface area (Å²) in [5.74, 6) is 0.449. The molecule has 6 heteroatoms. The number of hydrogen-bond acceptors (Lipinski definition) is 4. The van der Waals surface area contributed by atoms with E-state index < -0.39 is 0 Å². The summed E-state index contributed by atoms with van der Waals surface area (Å²) in [5, 5.41) is 7.45. The number of ether oxygens (including phenoxy) is 1. The maximum atomic E-state index is 5.75. The van der Waals surface area contributed by atoms with E-state index in [-0.39, 0.29) is 5.28 Å². The molecule has 2 rings (SSSR count). The van der Waals surface area contributed by atoms with E-state index in [0.717, 1.165) is 17.4 Å². The second kappa shape index (κ2) is 4.49. The summed E-state index contributed by atoms with van der Waals surface area (Å²) in [6, 6.07) is 0. The third-order valence-electron chi connectivity index (χ3n) is 2.02. The van der Waals surface area contributed by atoms with Crippen molar-refractivity contribution < 1.29 is 4.74 Å². The molecule has 16 heavy (non-hydrogen) atoms. The van der Waals surface area contributed by atoms with E-state index in [2.05, 4.69) is 26.7 Å². The van der Waals surface area contributed by atoms with Gasteiger partial charge < -0.3 is 4.74 Å². The SMILES string of the molecule is C=C(C)CCOc1nc(Cl)nc2[nH]ncc12. The van der Waals surface area contributed by atoms with Crippen LogP contribution in [0, 0.1) is 0 Å². The maximum absolute atomic E-state index is 5.75. The van der Waals surface area contributed by atoms with Crippen molar-refractivity contribution in [2.45, 2.75) is 13.3 Å². The van der Waals surface area contributed by atoms with Crippen LogP contribution in [0.4, 0.5) is 0 Å². The van der Waals surface area contributed by atoms with Crippen LogP contribution in [0.3, 0.4) is 0 Å². The first-order chi connectivity index (χ1) is 7.66. The van der Waals surface area contributed by atoms with E-state index in [1.54, 1.807) is 6.20 Å². The number of nitrogens with zero attached hydrogens (tertiary/aromatic N) is 3. The second-order valence-corrected chi connectivity index (χ2v) is 3.82. The first kappa shape index (κ1) is 10.9. The Morgan fingerprint density at radius 3 is 3.12 bits per heavy atom. The van der Waals surface area contributed by atoms with Crippen molar-refractivity contribution in [3.63, 3.8) is 0 Å². The Hall–Kier alpha value is -1.62. The lowest BCUT2D eigenvalue weighted by Crippen LogP contribution is -2.00. The van der Waals surface area contributed by atoms with Crippen LogP contribution in [-0.4, -0.2) is 26.8 Å². The van der Waals surface area contributed by atoms with Gasteiger partial charge in [-0.2, -0.15) is 15.1 Å². The van der Waals surface area contributed by atoms with Gasteiger partial charge in [0.05, 0.1) is 12.8 Å². The summed E-state index contributed by atoms with van der Waals surface area (Å²) < 4.78 is 5.51. The lowest BCUT2D eigenvalue weighted by atomic mass is 10.3. The molecule has 0 bridgehead atoms. The van der Waals surface area contributed by atoms with E-state index in [9.17, 15) is 0 Å². The third-order valence-corrected chi connectivity index (χ3v) is 2.18. The predicted molar refractivity (Wildman–Crippen MR) is 61.6 cm³/mol. The molecular weight excluding hydrogens is 228 g/mol. The minimum Gasteiger partial charge on any atom is -0.477 e. The van der Waals surface area contributed by atoms with Crippen molar-refractivity contribution in [1.82, 2.24) is 20.2 Å². The fraction of sp³-hybridized carbons (Fsp3) is 0.300. The van der Waals surface area contributed by atoms with Gasteiger partial charge in [0.2, 0.25) is 11.2 Å². The molecule has 0 radical (unpaired) electrons. The average molecular weight is 239 g/mol. The Labute approximate surface area is 97.5 Å². The molecule has 0 aliphatic heterocycles. The zero-order valence-corrected chi connectivity index (χ0v) is 9.58. The molecule has 0 amide bonds. The molecule has 2 aromatic heterocycles. The van der Waals surface area contributed by atoms with E-state index in [1.807, 2.05) is 6.92 Å². The van der Waals surface area contributed by atoms with Gasteiger partial charge in [-0.15, -0.1) is 6.58 Å². The number of aromatic nitrogens is 4. The summed E-state index contributed by atoms with van der Waals surface area (Å²) in [5.41, 5.74) is 1.63.